The van der Waals surface area contributed by atoms with Crippen LogP contribution >= 0.6 is 22.7 Å². The molecular weight excluding hydrogens is 472 g/mol. The Balaban J connectivity index is 1.49. The van der Waals surface area contributed by atoms with E-state index in [9.17, 15) is 19.2 Å². The van der Waals surface area contributed by atoms with Crippen LogP contribution in [0.4, 0.5) is 10.0 Å². The van der Waals surface area contributed by atoms with E-state index in [-0.39, 0.29) is 24.9 Å². The van der Waals surface area contributed by atoms with E-state index < -0.39 is 11.8 Å². The van der Waals surface area contributed by atoms with Gasteiger partial charge in [-0.3, -0.25) is 29.0 Å². The van der Waals surface area contributed by atoms with Gasteiger partial charge in [-0.15, -0.1) is 22.7 Å². The second kappa shape index (κ2) is 8.49. The van der Waals surface area contributed by atoms with E-state index in [0.29, 0.717) is 33.0 Å². The molecule has 4 amide bonds. The van der Waals surface area contributed by atoms with Gasteiger partial charge in [-0.2, -0.15) is 0 Å². The van der Waals surface area contributed by atoms with E-state index in [4.69, 9.17) is 11.5 Å². The molecule has 3 aliphatic rings. The third-order valence-corrected chi connectivity index (χ3v) is 9.71. The smallest absolute Gasteiger partial charge is 0.252 e. The van der Waals surface area contributed by atoms with Crippen LogP contribution in [0.15, 0.2) is 0 Å². The van der Waals surface area contributed by atoms with Crippen LogP contribution in [-0.4, -0.2) is 36.7 Å². The summed E-state index contributed by atoms with van der Waals surface area (Å²) in [6.07, 6.45) is 5.08. The topological polar surface area (TPSA) is 127 Å². The second-order valence-corrected chi connectivity index (χ2v) is 11.9. The van der Waals surface area contributed by atoms with Crippen LogP contribution in [0.1, 0.15) is 68.3 Å². The molecule has 2 atom stereocenters. The number of fused-ring (bicyclic) bond motifs is 2. The van der Waals surface area contributed by atoms with E-state index in [0.717, 1.165) is 59.4 Å². The number of nitrogens with two attached hydrogens (primary N) is 2. The van der Waals surface area contributed by atoms with Crippen molar-refractivity contribution in [3.8, 4) is 0 Å². The fourth-order valence-electron chi connectivity index (χ4n) is 5.35. The SMILES string of the molecule is C[C@@H]1CCc2c(sc(N3CC(=O)N(c4sc5c(c4C(N)=O)CC[C@H](C)C5)CC3=O)c2C(N)=O)C1. The fraction of sp³-hybridized carbons (Fsp3) is 0.500. The van der Waals surface area contributed by atoms with Gasteiger partial charge in [0.2, 0.25) is 11.8 Å². The number of piperazine rings is 1. The second-order valence-electron chi connectivity index (χ2n) is 9.75. The lowest BCUT2D eigenvalue weighted by atomic mass is 9.88. The number of rotatable bonds is 4. The molecule has 0 radical (unpaired) electrons. The lowest BCUT2D eigenvalue weighted by Gasteiger charge is -2.33. The van der Waals surface area contributed by atoms with Crippen molar-refractivity contribution in [3.05, 3.63) is 32.0 Å². The van der Waals surface area contributed by atoms with Crippen LogP contribution in [0.5, 0.6) is 0 Å². The number of amides is 4. The van der Waals surface area contributed by atoms with Crippen LogP contribution in [0.2, 0.25) is 0 Å². The molecule has 8 nitrogen and oxygen atoms in total. The maximum atomic E-state index is 13.3. The number of hydrogen-bond donors (Lipinski definition) is 2. The minimum atomic E-state index is -0.569. The predicted molar refractivity (Wildman–Crippen MR) is 133 cm³/mol. The van der Waals surface area contributed by atoms with E-state index in [2.05, 4.69) is 13.8 Å². The molecule has 2 aromatic heterocycles. The van der Waals surface area contributed by atoms with E-state index in [1.165, 1.54) is 32.5 Å². The monoisotopic (exact) mass is 500 g/mol. The minimum absolute atomic E-state index is 0.203. The van der Waals surface area contributed by atoms with Gasteiger partial charge in [-0.05, 0) is 61.5 Å². The van der Waals surface area contributed by atoms with Gasteiger partial charge in [0, 0.05) is 9.75 Å². The molecule has 0 unspecified atom stereocenters. The summed E-state index contributed by atoms with van der Waals surface area (Å²) in [4.78, 5) is 56.3. The summed E-state index contributed by atoms with van der Waals surface area (Å²) in [5, 5.41) is 0.943. The van der Waals surface area contributed by atoms with E-state index in [1.807, 2.05) is 0 Å². The standard InChI is InChI=1S/C24H28N4O4S2/c1-11-3-5-13-15(7-11)33-23(19(13)21(25)31)27-9-18(30)28(10-17(27)29)24-20(22(26)32)14-6-4-12(2)8-16(14)34-24/h11-12H,3-10H2,1-2H3,(H2,25,31)(H2,26,32)/t11-,12+. The van der Waals surface area contributed by atoms with Crippen molar-refractivity contribution in [1.82, 2.24) is 0 Å². The molecule has 0 spiro atoms. The Labute approximate surface area is 205 Å². The highest BCUT2D eigenvalue weighted by Crippen LogP contribution is 2.44. The Morgan fingerprint density at radius 1 is 0.765 bits per heavy atom. The van der Waals surface area contributed by atoms with Crippen molar-refractivity contribution in [3.63, 3.8) is 0 Å². The number of hydrogen-bond acceptors (Lipinski definition) is 6. The summed E-state index contributed by atoms with van der Waals surface area (Å²) in [6.45, 7) is 3.92. The van der Waals surface area contributed by atoms with Crippen molar-refractivity contribution >= 4 is 56.3 Å². The number of anilines is 2. The highest BCUT2D eigenvalue weighted by molar-refractivity contribution is 7.17. The zero-order valence-corrected chi connectivity index (χ0v) is 20.9. The van der Waals surface area contributed by atoms with E-state index >= 15 is 0 Å². The van der Waals surface area contributed by atoms with Gasteiger partial charge in [-0.1, -0.05) is 13.8 Å². The quantitative estimate of drug-likeness (QED) is 0.669. The Kier molecular flexibility index (Phi) is 5.76. The zero-order valence-electron chi connectivity index (χ0n) is 19.3. The molecule has 0 saturated carbocycles. The van der Waals surface area contributed by atoms with Crippen molar-refractivity contribution in [1.29, 1.82) is 0 Å². The molecule has 34 heavy (non-hydrogen) atoms. The maximum Gasteiger partial charge on any atom is 0.252 e. The van der Waals surface area contributed by atoms with Crippen LogP contribution < -0.4 is 21.3 Å². The third kappa shape index (κ3) is 3.73. The number of carbonyl (C=O) groups is 4. The van der Waals surface area contributed by atoms with Gasteiger partial charge in [0.15, 0.2) is 0 Å². The first-order chi connectivity index (χ1) is 16.2. The Morgan fingerprint density at radius 3 is 1.50 bits per heavy atom. The fourth-order valence-corrected chi connectivity index (χ4v) is 8.41. The van der Waals surface area contributed by atoms with Gasteiger partial charge in [0.1, 0.15) is 23.1 Å². The van der Waals surface area contributed by atoms with E-state index in [1.54, 1.807) is 0 Å². The minimum Gasteiger partial charge on any atom is -0.365 e. The molecule has 0 aromatic carbocycles. The first-order valence-electron chi connectivity index (χ1n) is 11.6. The summed E-state index contributed by atoms with van der Waals surface area (Å²) in [6, 6.07) is 0. The largest absolute Gasteiger partial charge is 0.365 e. The normalized spacial score (nSPS) is 22.5. The summed E-state index contributed by atoms with van der Waals surface area (Å²) in [5.41, 5.74) is 14.0. The summed E-state index contributed by atoms with van der Waals surface area (Å²) >= 11 is 2.79. The van der Waals surface area contributed by atoms with Crippen LogP contribution in [0.3, 0.4) is 0 Å². The summed E-state index contributed by atoms with van der Waals surface area (Å²) in [5.74, 6) is -0.753. The molecule has 0 bridgehead atoms. The summed E-state index contributed by atoms with van der Waals surface area (Å²) in [7, 11) is 0. The molecule has 10 heteroatoms. The Hall–Kier alpha value is -2.72. The molecule has 1 fully saturated rings. The number of primary amides is 2. The van der Waals surface area contributed by atoms with Crippen LogP contribution in [0.25, 0.3) is 0 Å². The molecule has 2 aromatic rings. The molecule has 3 heterocycles. The van der Waals surface area contributed by atoms with Crippen molar-refractivity contribution in [2.45, 2.75) is 52.4 Å². The average Bonchev–Trinajstić information content (AvgIpc) is 3.32. The highest BCUT2D eigenvalue weighted by atomic mass is 32.1. The first kappa shape index (κ1) is 23.0. The van der Waals surface area contributed by atoms with Crippen LogP contribution in [0, 0.1) is 11.8 Å². The van der Waals surface area contributed by atoms with Crippen molar-refractivity contribution in [2.24, 2.45) is 23.3 Å². The predicted octanol–water partition coefficient (Wildman–Crippen LogP) is 2.64. The number of thiophene rings is 2. The van der Waals surface area contributed by atoms with Crippen LogP contribution in [-0.2, 0) is 35.3 Å². The van der Waals surface area contributed by atoms with Gasteiger partial charge in [0.25, 0.3) is 11.8 Å². The summed E-state index contributed by atoms with van der Waals surface area (Å²) < 4.78 is 0. The third-order valence-electron chi connectivity index (χ3n) is 7.16. The lowest BCUT2D eigenvalue weighted by Crippen LogP contribution is -2.54. The highest BCUT2D eigenvalue weighted by Gasteiger charge is 2.39. The molecule has 1 saturated heterocycles. The van der Waals surface area contributed by atoms with Crippen molar-refractivity contribution < 1.29 is 19.2 Å². The van der Waals surface area contributed by atoms with Gasteiger partial charge in [0.05, 0.1) is 11.1 Å². The molecule has 4 N–H and O–H groups in total. The maximum absolute atomic E-state index is 13.3. The molecule has 2 aliphatic carbocycles. The average molecular weight is 501 g/mol. The number of carbonyl (C=O) groups excluding carboxylic acids is 4. The van der Waals surface area contributed by atoms with Gasteiger partial charge in [-0.25, -0.2) is 0 Å². The zero-order chi connectivity index (χ0) is 24.3. The Morgan fingerprint density at radius 2 is 1.15 bits per heavy atom. The van der Waals surface area contributed by atoms with Gasteiger partial charge < -0.3 is 11.5 Å². The van der Waals surface area contributed by atoms with Crippen molar-refractivity contribution in [2.75, 3.05) is 22.9 Å². The Bertz CT molecular complexity index is 1140. The van der Waals surface area contributed by atoms with Gasteiger partial charge >= 0.3 is 0 Å². The lowest BCUT2D eigenvalue weighted by molar-refractivity contribution is -0.125. The molecule has 1 aliphatic heterocycles. The first-order valence-corrected chi connectivity index (χ1v) is 13.3. The molecule has 180 valence electrons. The number of nitrogens with zero attached hydrogens (tertiary/aromatic N) is 2. The molecule has 5 rings (SSSR count). The molecular formula is C24H28N4O4S2.